The number of aromatic hydroxyl groups is 2. The number of nitrogens with one attached hydrogen (secondary N) is 1. The molecule has 2 aromatic rings. The molecule has 22 heavy (non-hydrogen) atoms. The van der Waals surface area contributed by atoms with E-state index in [9.17, 15) is 15.3 Å². The lowest BCUT2D eigenvalue weighted by molar-refractivity contribution is 0.170. The van der Waals surface area contributed by atoms with Crippen molar-refractivity contribution in [3.05, 3.63) is 59.7 Å². The Balaban J connectivity index is 1.73. The molecule has 4 nitrogen and oxygen atoms in total. The van der Waals surface area contributed by atoms with Crippen molar-refractivity contribution in [2.45, 2.75) is 31.9 Å². The summed E-state index contributed by atoms with van der Waals surface area (Å²) in [5, 5.41) is 31.9. The third-order valence-corrected chi connectivity index (χ3v) is 3.74. The molecule has 2 rings (SSSR count). The molecule has 4 heteroatoms. The van der Waals surface area contributed by atoms with Crippen molar-refractivity contribution in [1.82, 2.24) is 5.32 Å². The fourth-order valence-corrected chi connectivity index (χ4v) is 2.27. The van der Waals surface area contributed by atoms with Crippen LogP contribution in [-0.4, -0.2) is 27.9 Å². The highest BCUT2D eigenvalue weighted by molar-refractivity contribution is 5.27. The summed E-state index contributed by atoms with van der Waals surface area (Å²) < 4.78 is 0. The van der Waals surface area contributed by atoms with Gasteiger partial charge in [0.2, 0.25) is 0 Å². The largest absolute Gasteiger partial charge is 0.508 e. The van der Waals surface area contributed by atoms with Crippen LogP contribution in [0.25, 0.3) is 0 Å². The molecule has 0 unspecified atom stereocenters. The van der Waals surface area contributed by atoms with E-state index in [0.29, 0.717) is 6.54 Å². The molecule has 0 heterocycles. The van der Waals surface area contributed by atoms with Crippen molar-refractivity contribution in [2.75, 3.05) is 6.54 Å². The van der Waals surface area contributed by atoms with Gasteiger partial charge in [-0.05, 0) is 55.2 Å². The van der Waals surface area contributed by atoms with Crippen LogP contribution in [0.2, 0.25) is 0 Å². The van der Waals surface area contributed by atoms with Crippen molar-refractivity contribution in [1.29, 1.82) is 0 Å². The quantitative estimate of drug-likeness (QED) is 0.634. The van der Waals surface area contributed by atoms with Crippen molar-refractivity contribution in [3.8, 4) is 11.5 Å². The second kappa shape index (κ2) is 7.82. The molecular formula is C18H23NO3. The van der Waals surface area contributed by atoms with E-state index in [-0.39, 0.29) is 17.5 Å². The molecule has 0 amide bonds. The maximum absolute atomic E-state index is 10.1. The zero-order valence-corrected chi connectivity index (χ0v) is 12.7. The zero-order valence-electron chi connectivity index (χ0n) is 12.7. The van der Waals surface area contributed by atoms with E-state index < -0.39 is 6.10 Å². The number of rotatable bonds is 7. The van der Waals surface area contributed by atoms with Crippen LogP contribution in [0.5, 0.6) is 11.5 Å². The third kappa shape index (κ3) is 5.06. The molecular weight excluding hydrogens is 278 g/mol. The molecule has 0 spiro atoms. The van der Waals surface area contributed by atoms with Crippen LogP contribution in [-0.2, 0) is 6.42 Å². The smallest absolute Gasteiger partial charge is 0.115 e. The number of aryl methyl sites for hydroxylation is 1. The number of hydrogen-bond donors (Lipinski definition) is 4. The Morgan fingerprint density at radius 2 is 1.45 bits per heavy atom. The Bertz CT molecular complexity index is 566. The number of aliphatic hydroxyl groups excluding tert-OH is 1. The van der Waals surface area contributed by atoms with Gasteiger partial charge in [-0.1, -0.05) is 24.3 Å². The standard InChI is InChI=1S/C18H23NO3/c1-13(2-3-14-4-8-16(20)9-5-14)19-12-18(22)15-6-10-17(21)11-7-15/h4-11,13,18-22H,2-3,12H2,1H3/t13-,18-/m1/s1. The lowest BCUT2D eigenvalue weighted by Crippen LogP contribution is -2.30. The van der Waals surface area contributed by atoms with Crippen LogP contribution in [0, 0.1) is 0 Å². The summed E-state index contributed by atoms with van der Waals surface area (Å²) in [6.07, 6.45) is 1.29. The molecule has 0 aliphatic rings. The fourth-order valence-electron chi connectivity index (χ4n) is 2.27. The molecule has 118 valence electrons. The van der Waals surface area contributed by atoms with E-state index in [1.165, 1.54) is 5.56 Å². The van der Waals surface area contributed by atoms with Gasteiger partial charge in [0, 0.05) is 12.6 Å². The highest BCUT2D eigenvalue weighted by Crippen LogP contribution is 2.16. The summed E-state index contributed by atoms with van der Waals surface area (Å²) >= 11 is 0. The van der Waals surface area contributed by atoms with Gasteiger partial charge in [-0.15, -0.1) is 0 Å². The topological polar surface area (TPSA) is 72.7 Å². The molecule has 0 aromatic heterocycles. The second-order valence-electron chi connectivity index (χ2n) is 5.62. The van der Waals surface area contributed by atoms with Crippen LogP contribution in [0.1, 0.15) is 30.6 Å². The summed E-state index contributed by atoms with van der Waals surface area (Å²) in [6.45, 7) is 2.56. The zero-order chi connectivity index (χ0) is 15.9. The van der Waals surface area contributed by atoms with Gasteiger partial charge in [0.15, 0.2) is 0 Å². The van der Waals surface area contributed by atoms with Crippen molar-refractivity contribution in [3.63, 3.8) is 0 Å². The predicted molar refractivity (Wildman–Crippen MR) is 87.0 cm³/mol. The minimum atomic E-state index is -0.586. The predicted octanol–water partition coefficient (Wildman–Crippen LogP) is 2.74. The SMILES string of the molecule is C[C@H](CCc1ccc(O)cc1)NC[C@@H](O)c1ccc(O)cc1. The van der Waals surface area contributed by atoms with E-state index in [4.69, 9.17) is 0 Å². The average Bonchev–Trinajstić information content (AvgIpc) is 2.52. The minimum absolute atomic E-state index is 0.200. The molecule has 2 aromatic carbocycles. The van der Waals surface area contributed by atoms with Gasteiger partial charge in [0.05, 0.1) is 6.10 Å². The van der Waals surface area contributed by atoms with E-state index in [1.807, 2.05) is 12.1 Å². The molecule has 4 N–H and O–H groups in total. The first-order valence-corrected chi connectivity index (χ1v) is 7.53. The maximum Gasteiger partial charge on any atom is 0.115 e. The Labute approximate surface area is 131 Å². The van der Waals surface area contributed by atoms with Crippen LogP contribution in [0.15, 0.2) is 48.5 Å². The lowest BCUT2D eigenvalue weighted by atomic mass is 10.1. The Morgan fingerprint density at radius 3 is 2.05 bits per heavy atom. The number of phenols is 2. The first kappa shape index (κ1) is 16.3. The number of benzene rings is 2. The first-order valence-electron chi connectivity index (χ1n) is 7.53. The molecule has 0 radical (unpaired) electrons. The molecule has 0 aliphatic carbocycles. The summed E-state index contributed by atoms with van der Waals surface area (Å²) in [7, 11) is 0. The Kier molecular flexibility index (Phi) is 5.81. The Morgan fingerprint density at radius 1 is 0.909 bits per heavy atom. The molecule has 2 atom stereocenters. The van der Waals surface area contributed by atoms with Crippen LogP contribution < -0.4 is 5.32 Å². The second-order valence-corrected chi connectivity index (χ2v) is 5.62. The van der Waals surface area contributed by atoms with Gasteiger partial charge in [0.1, 0.15) is 11.5 Å². The summed E-state index contributed by atoms with van der Waals surface area (Å²) in [4.78, 5) is 0. The van der Waals surface area contributed by atoms with Gasteiger partial charge in [-0.25, -0.2) is 0 Å². The molecule has 0 saturated heterocycles. The van der Waals surface area contributed by atoms with E-state index >= 15 is 0 Å². The average molecular weight is 301 g/mol. The van der Waals surface area contributed by atoms with Gasteiger partial charge in [-0.2, -0.15) is 0 Å². The van der Waals surface area contributed by atoms with Crippen LogP contribution in [0.4, 0.5) is 0 Å². The molecule has 0 fully saturated rings. The van der Waals surface area contributed by atoms with Gasteiger partial charge in [-0.3, -0.25) is 0 Å². The normalized spacial score (nSPS) is 13.7. The number of hydrogen-bond acceptors (Lipinski definition) is 4. The number of aliphatic hydroxyl groups is 1. The van der Waals surface area contributed by atoms with E-state index in [1.54, 1.807) is 36.4 Å². The third-order valence-electron chi connectivity index (χ3n) is 3.74. The summed E-state index contributed by atoms with van der Waals surface area (Å²) in [6, 6.07) is 14.1. The van der Waals surface area contributed by atoms with Crippen molar-refractivity contribution in [2.24, 2.45) is 0 Å². The van der Waals surface area contributed by atoms with Gasteiger partial charge in [0.25, 0.3) is 0 Å². The maximum atomic E-state index is 10.1. The van der Waals surface area contributed by atoms with Crippen LogP contribution in [0.3, 0.4) is 0 Å². The van der Waals surface area contributed by atoms with Gasteiger partial charge >= 0.3 is 0 Å². The monoisotopic (exact) mass is 301 g/mol. The minimum Gasteiger partial charge on any atom is -0.508 e. The molecule has 0 aliphatic heterocycles. The highest BCUT2D eigenvalue weighted by Gasteiger charge is 2.09. The first-order chi connectivity index (χ1) is 10.5. The fraction of sp³-hybridized carbons (Fsp3) is 0.333. The van der Waals surface area contributed by atoms with Crippen molar-refractivity contribution >= 4 is 0 Å². The number of phenolic OH excluding ortho intramolecular Hbond substituents is 2. The van der Waals surface area contributed by atoms with Gasteiger partial charge < -0.3 is 20.6 Å². The lowest BCUT2D eigenvalue weighted by Gasteiger charge is -2.17. The van der Waals surface area contributed by atoms with E-state index in [2.05, 4.69) is 12.2 Å². The summed E-state index contributed by atoms with van der Waals surface area (Å²) in [5.41, 5.74) is 1.97. The van der Waals surface area contributed by atoms with Crippen molar-refractivity contribution < 1.29 is 15.3 Å². The Hall–Kier alpha value is -2.04. The molecule has 0 saturated carbocycles. The van der Waals surface area contributed by atoms with E-state index in [0.717, 1.165) is 18.4 Å². The summed E-state index contributed by atoms with van der Waals surface area (Å²) in [5.74, 6) is 0.484. The van der Waals surface area contributed by atoms with Crippen LogP contribution >= 0.6 is 0 Å². The molecule has 0 bridgehead atoms. The highest BCUT2D eigenvalue weighted by atomic mass is 16.3.